The fourth-order valence-electron chi connectivity index (χ4n) is 12.1. The van der Waals surface area contributed by atoms with Crippen LogP contribution < -0.4 is 38.4 Å². The van der Waals surface area contributed by atoms with Gasteiger partial charge in [0.05, 0.1) is 34.1 Å². The molecule has 0 N–H and O–H groups in total. The number of nitrogens with zero attached hydrogens (tertiary/aromatic N) is 3. The number of rotatable bonds is 21. The van der Waals surface area contributed by atoms with Crippen molar-refractivity contribution < 1.29 is 23.7 Å². The van der Waals surface area contributed by atoms with Crippen molar-refractivity contribution in [3.05, 3.63) is 358 Å². The minimum Gasteiger partial charge on any atom is -0.455 e. The van der Waals surface area contributed by atoms with E-state index in [0.717, 1.165) is 90.1 Å². The van der Waals surface area contributed by atoms with Crippen molar-refractivity contribution >= 4 is 51.2 Å². The summed E-state index contributed by atoms with van der Waals surface area (Å²) in [6, 6.07) is 120. The summed E-state index contributed by atoms with van der Waals surface area (Å²) < 4.78 is 32.4. The van der Waals surface area contributed by atoms with Gasteiger partial charge in [0.15, 0.2) is 28.7 Å². The number of hydrogen-bond donors (Lipinski definition) is 0. The summed E-state index contributed by atoms with van der Waals surface area (Å²) in [5, 5.41) is 0. The summed E-state index contributed by atoms with van der Waals surface area (Å²) in [6.45, 7) is 0. The van der Waals surface area contributed by atoms with Gasteiger partial charge in [0.1, 0.15) is 29.5 Å². The fraction of sp³-hybridized carbons (Fsp3) is 0. The lowest BCUT2D eigenvalue weighted by molar-refractivity contribution is 0.483. The molecule has 0 saturated carbocycles. The highest BCUT2D eigenvalue weighted by molar-refractivity contribution is 5.92. The van der Waals surface area contributed by atoms with Crippen LogP contribution in [0.4, 0.5) is 51.2 Å². The molecule has 0 heterocycles. The van der Waals surface area contributed by atoms with Crippen LogP contribution in [0.3, 0.4) is 0 Å². The Kier molecular flexibility index (Phi) is 20.6. The average Bonchev–Trinajstić information content (AvgIpc) is 0.786. The number of anilines is 9. The van der Waals surface area contributed by atoms with Crippen LogP contribution >= 0.6 is 0 Å². The van der Waals surface area contributed by atoms with E-state index >= 15 is 0 Å². The lowest BCUT2D eigenvalue weighted by atomic mass is 9.93. The van der Waals surface area contributed by atoms with Crippen molar-refractivity contribution in [3.8, 4) is 163 Å². The predicted octanol–water partition coefficient (Wildman–Crippen LogP) is 24.1. The van der Waals surface area contributed by atoms with E-state index in [9.17, 15) is 0 Å². The van der Waals surface area contributed by atoms with Crippen molar-refractivity contribution in [1.82, 2.24) is 0 Å². The summed E-state index contributed by atoms with van der Waals surface area (Å²) in [4.78, 5) is 6.49. The van der Waals surface area contributed by atoms with Crippen molar-refractivity contribution in [1.29, 1.82) is 0 Å². The van der Waals surface area contributed by atoms with Gasteiger partial charge in [-0.2, -0.15) is 0 Å². The number of hydrogen-bond acceptors (Lipinski definition) is 8. The second kappa shape index (κ2) is 32.5. The molecule has 0 spiro atoms. The van der Waals surface area contributed by atoms with E-state index in [-0.39, 0.29) is 0 Å². The second-order valence-corrected chi connectivity index (χ2v) is 23.4. The van der Waals surface area contributed by atoms with E-state index in [1.165, 1.54) is 0 Å². The van der Waals surface area contributed by atoms with Crippen LogP contribution in [0, 0.1) is 72.4 Å². The molecule has 0 saturated heterocycles. The van der Waals surface area contributed by atoms with E-state index in [4.69, 9.17) is 36.5 Å². The van der Waals surface area contributed by atoms with Crippen molar-refractivity contribution in [2.24, 2.45) is 0 Å². The van der Waals surface area contributed by atoms with Gasteiger partial charge in [-0.25, -0.2) is 0 Å². The third-order valence-electron chi connectivity index (χ3n) is 16.8. The van der Waals surface area contributed by atoms with Gasteiger partial charge in [-0.1, -0.05) is 200 Å². The third-order valence-corrected chi connectivity index (χ3v) is 16.8. The Labute approximate surface area is 606 Å². The first-order chi connectivity index (χ1) is 51.5. The number of terminal acetylenes is 2. The zero-order valence-electron chi connectivity index (χ0n) is 56.1. The minimum atomic E-state index is 0.491. The van der Waals surface area contributed by atoms with Crippen LogP contribution in [0.1, 0.15) is 0 Å². The molecule has 8 nitrogen and oxygen atoms in total. The van der Waals surface area contributed by atoms with Gasteiger partial charge in [-0.15, -0.1) is 12.8 Å². The Bertz CT molecular complexity index is 5460. The van der Waals surface area contributed by atoms with Gasteiger partial charge in [0.2, 0.25) is 0 Å². The maximum Gasteiger partial charge on any atom is 0.164 e. The molecule has 14 aromatic carbocycles. The summed E-state index contributed by atoms with van der Waals surface area (Å²) >= 11 is 0. The zero-order chi connectivity index (χ0) is 70.5. The van der Waals surface area contributed by atoms with Crippen LogP contribution in [0.2, 0.25) is 0 Å². The van der Waals surface area contributed by atoms with Crippen molar-refractivity contribution in [3.63, 3.8) is 0 Å². The van der Waals surface area contributed by atoms with Crippen LogP contribution in [0.5, 0.6) is 46.0 Å². The molecule has 0 aliphatic rings. The highest BCUT2D eigenvalue weighted by atomic mass is 16.5. The molecule has 8 heteroatoms. The first-order valence-electron chi connectivity index (χ1n) is 33.4. The Morgan fingerprint density at radius 3 is 0.817 bits per heavy atom. The van der Waals surface area contributed by atoms with E-state index in [1.807, 2.05) is 212 Å². The van der Waals surface area contributed by atoms with E-state index in [2.05, 4.69) is 220 Å². The van der Waals surface area contributed by atoms with Crippen molar-refractivity contribution in [2.45, 2.75) is 0 Å². The maximum atomic E-state index is 6.73. The Balaban J connectivity index is 0.907. The predicted molar refractivity (Wildman–Crippen MR) is 422 cm³/mol. The molecular formula is C96H61N3O5. The Morgan fingerprint density at radius 1 is 0.212 bits per heavy atom. The molecule has 490 valence electrons. The van der Waals surface area contributed by atoms with Gasteiger partial charge in [-0.3, -0.25) is 0 Å². The molecular weight excluding hydrogens is 1280 g/mol. The topological polar surface area (TPSA) is 55.9 Å². The first-order valence-corrected chi connectivity index (χ1v) is 33.4. The van der Waals surface area contributed by atoms with Crippen molar-refractivity contribution in [2.75, 3.05) is 14.7 Å². The standard InChI is InChI=1S/C96H61N3O5/c1-3-5-7-33-67-100-92-50-28-23-45-87(92)98(90-48-26-31-53-95(90)103-83-39-17-11-18-40-83)80-63-57-73(58-64-80)77-69-76(72-55-61-79(62-56-72)97(86-44-22-21-43-85(86)75-35-13-9-14-36-75)89-47-25-30-52-94(89)102-82-37-15-10-16-38-82)70-78(71-77)74-59-65-81(66-60-74)99(88-46-24-29-51-93(88)101-68-34-8-6-4-2)91-49-27-32-54-96(91)104-84-41-19-12-20-42-84/h1-2,9-32,35-66,69-71H. The van der Waals surface area contributed by atoms with E-state index < -0.39 is 0 Å². The SMILES string of the molecule is C#CC#CC#COc1ccccc1N(c1ccc(-c2cc(-c3ccc(N(c4ccccc4OC#CC#CC#C)c4ccccc4Oc4ccccc4)cc3)cc(-c3ccc(N(c4ccccc4Oc4ccccc4)c4ccccc4-c4ccccc4)cc3)c2)cc1)c1ccccc1Oc1ccccc1. The lowest BCUT2D eigenvalue weighted by Crippen LogP contribution is -2.12. The monoisotopic (exact) mass is 1340 g/mol. The minimum absolute atomic E-state index is 0.491. The summed E-state index contributed by atoms with van der Waals surface area (Å²) in [6.07, 6.45) is 16.3. The van der Waals surface area contributed by atoms with Gasteiger partial charge < -0.3 is 38.4 Å². The average molecular weight is 1340 g/mol. The third kappa shape index (κ3) is 15.6. The molecule has 0 bridgehead atoms. The van der Waals surface area contributed by atoms with Crippen LogP contribution in [0.25, 0.3) is 44.5 Å². The Hall–Kier alpha value is -15.2. The molecule has 0 aliphatic heterocycles. The molecule has 14 aromatic rings. The largest absolute Gasteiger partial charge is 0.455 e. The van der Waals surface area contributed by atoms with Crippen LogP contribution in [-0.4, -0.2) is 0 Å². The summed E-state index contributed by atoms with van der Waals surface area (Å²) in [7, 11) is 0. The smallest absolute Gasteiger partial charge is 0.164 e. The van der Waals surface area contributed by atoms with Gasteiger partial charge in [0, 0.05) is 46.3 Å². The molecule has 0 unspecified atom stereocenters. The fourth-order valence-corrected chi connectivity index (χ4v) is 12.1. The molecule has 0 amide bonds. The number of ether oxygens (including phenoxy) is 5. The van der Waals surface area contributed by atoms with Crippen LogP contribution in [-0.2, 0) is 0 Å². The number of benzene rings is 14. The molecule has 0 aliphatic carbocycles. The molecule has 104 heavy (non-hydrogen) atoms. The normalized spacial score (nSPS) is 10.2. The quantitative estimate of drug-likeness (QED) is 0.0660. The highest BCUT2D eigenvalue weighted by Crippen LogP contribution is 2.50. The van der Waals surface area contributed by atoms with Crippen LogP contribution in [0.15, 0.2) is 358 Å². The van der Waals surface area contributed by atoms with E-state index in [0.29, 0.717) is 51.6 Å². The van der Waals surface area contributed by atoms with Gasteiger partial charge in [0.25, 0.3) is 0 Å². The van der Waals surface area contributed by atoms with E-state index in [1.54, 1.807) is 0 Å². The van der Waals surface area contributed by atoms with Gasteiger partial charge in [-0.05, 0) is 220 Å². The lowest BCUT2D eigenvalue weighted by Gasteiger charge is -2.29. The molecule has 0 atom stereocenters. The molecule has 0 aromatic heterocycles. The number of para-hydroxylation sites is 14. The zero-order valence-corrected chi connectivity index (χ0v) is 56.1. The highest BCUT2D eigenvalue weighted by Gasteiger charge is 2.25. The van der Waals surface area contributed by atoms with Gasteiger partial charge >= 0.3 is 0 Å². The molecule has 0 fully saturated rings. The molecule has 14 rings (SSSR count). The summed E-state index contributed by atoms with van der Waals surface area (Å²) in [5.74, 6) is 25.4. The maximum absolute atomic E-state index is 6.73. The second-order valence-electron chi connectivity index (χ2n) is 23.4. The first kappa shape index (κ1) is 66.1. The Morgan fingerprint density at radius 2 is 0.481 bits per heavy atom. The summed E-state index contributed by atoms with van der Waals surface area (Å²) in [5.41, 5.74) is 15.3. The molecule has 0 radical (unpaired) electrons.